The maximum absolute atomic E-state index is 3.57. The molecule has 0 N–H and O–H groups in total. The minimum absolute atomic E-state index is 0.438. The summed E-state index contributed by atoms with van der Waals surface area (Å²) >= 11 is 3.57. The molecule has 1 rings (SSSR count). The van der Waals surface area contributed by atoms with Gasteiger partial charge >= 0.3 is 0 Å². The van der Waals surface area contributed by atoms with Gasteiger partial charge in [-0.3, -0.25) is 0 Å². The van der Waals surface area contributed by atoms with Crippen molar-refractivity contribution < 1.29 is 0 Å². The van der Waals surface area contributed by atoms with E-state index in [1.54, 1.807) is 0 Å². The maximum atomic E-state index is 3.57. The lowest BCUT2D eigenvalue weighted by atomic mass is 10.0. The van der Waals surface area contributed by atoms with Crippen molar-refractivity contribution in [1.82, 2.24) is 0 Å². The molecule has 0 heterocycles. The molecule has 0 saturated carbocycles. The van der Waals surface area contributed by atoms with Gasteiger partial charge in [0.1, 0.15) is 0 Å². The van der Waals surface area contributed by atoms with Crippen molar-refractivity contribution in [3.8, 4) is 0 Å². The fraction of sp³-hybridized carbons (Fsp3) is 0.455. The van der Waals surface area contributed by atoms with Gasteiger partial charge in [0.25, 0.3) is 0 Å². The molecule has 1 aromatic carbocycles. The number of benzene rings is 1. The molecule has 0 bridgehead atoms. The first-order chi connectivity index (χ1) is 5.99. The summed E-state index contributed by atoms with van der Waals surface area (Å²) in [6.07, 6.45) is 1.26. The highest BCUT2D eigenvalue weighted by Crippen LogP contribution is 2.26. The third kappa shape index (κ3) is 4.24. The standard InChI is InChI=1S/C11H16BrP/c1-11(2,3)8-13-10-7-5-4-6-9(10)12/h4-7,13H,8H2,1-3H3. The van der Waals surface area contributed by atoms with E-state index in [0.717, 1.165) is 8.58 Å². The summed E-state index contributed by atoms with van der Waals surface area (Å²) in [6.45, 7) is 6.87. The molecule has 1 atom stereocenters. The van der Waals surface area contributed by atoms with Gasteiger partial charge in [0, 0.05) is 4.47 Å². The molecule has 0 aliphatic rings. The summed E-state index contributed by atoms with van der Waals surface area (Å²) in [5.41, 5.74) is 0.438. The smallest absolute Gasteiger partial charge is 0.0249 e. The van der Waals surface area contributed by atoms with E-state index in [9.17, 15) is 0 Å². The summed E-state index contributed by atoms with van der Waals surface area (Å²) in [4.78, 5) is 0. The Balaban J connectivity index is 2.60. The van der Waals surface area contributed by atoms with Crippen LogP contribution < -0.4 is 5.30 Å². The van der Waals surface area contributed by atoms with Crippen LogP contribution in [0.2, 0.25) is 0 Å². The Morgan fingerprint density at radius 2 is 1.85 bits per heavy atom. The van der Waals surface area contributed by atoms with Gasteiger partial charge in [-0.2, -0.15) is 0 Å². The van der Waals surface area contributed by atoms with Crippen molar-refractivity contribution >= 4 is 29.8 Å². The molecule has 1 unspecified atom stereocenters. The molecule has 0 nitrogen and oxygen atoms in total. The average Bonchev–Trinajstić information content (AvgIpc) is 2.01. The molecule has 0 radical (unpaired) electrons. The van der Waals surface area contributed by atoms with E-state index in [2.05, 4.69) is 61.0 Å². The van der Waals surface area contributed by atoms with Crippen molar-refractivity contribution in [3.63, 3.8) is 0 Å². The van der Waals surface area contributed by atoms with Gasteiger partial charge in [-0.15, -0.1) is 0 Å². The number of hydrogen-bond acceptors (Lipinski definition) is 0. The summed E-state index contributed by atoms with van der Waals surface area (Å²) in [7, 11) is 0.908. The average molecular weight is 259 g/mol. The molecule has 2 heteroatoms. The van der Waals surface area contributed by atoms with Crippen LogP contribution in [0.15, 0.2) is 28.7 Å². The molecule has 0 aromatic heterocycles. The predicted octanol–water partition coefficient (Wildman–Crippen LogP) is 3.80. The van der Waals surface area contributed by atoms with Gasteiger partial charge in [0.2, 0.25) is 0 Å². The number of rotatable bonds is 2. The summed E-state index contributed by atoms with van der Waals surface area (Å²) in [5, 5.41) is 1.44. The Morgan fingerprint density at radius 3 is 2.38 bits per heavy atom. The van der Waals surface area contributed by atoms with E-state index >= 15 is 0 Å². The fourth-order valence-corrected chi connectivity index (χ4v) is 2.86. The Kier molecular flexibility index (Phi) is 3.94. The molecule has 1 aromatic rings. The van der Waals surface area contributed by atoms with E-state index in [0.29, 0.717) is 5.41 Å². The van der Waals surface area contributed by atoms with E-state index in [1.807, 2.05) is 0 Å². The molecule has 0 amide bonds. The van der Waals surface area contributed by atoms with E-state index < -0.39 is 0 Å². The topological polar surface area (TPSA) is 0 Å². The third-order valence-corrected chi connectivity index (χ3v) is 4.79. The number of halogens is 1. The highest BCUT2D eigenvalue weighted by molar-refractivity contribution is 9.10. The molecule has 0 fully saturated rings. The van der Waals surface area contributed by atoms with Crippen LogP contribution in [0.3, 0.4) is 0 Å². The lowest BCUT2D eigenvalue weighted by Crippen LogP contribution is -2.10. The molecule has 72 valence electrons. The Labute approximate surface area is 91.0 Å². The molecule has 0 spiro atoms. The Bertz CT molecular complexity index is 276. The minimum atomic E-state index is 0.438. The van der Waals surface area contributed by atoms with Crippen LogP contribution in [0.25, 0.3) is 0 Å². The highest BCUT2D eigenvalue weighted by atomic mass is 79.9. The SMILES string of the molecule is CC(C)(C)CPc1ccccc1Br. The molecule has 0 saturated heterocycles. The lowest BCUT2D eigenvalue weighted by molar-refractivity contribution is 0.479. The highest BCUT2D eigenvalue weighted by Gasteiger charge is 2.10. The van der Waals surface area contributed by atoms with Crippen molar-refractivity contribution in [2.45, 2.75) is 20.8 Å². The second-order valence-corrected chi connectivity index (χ2v) is 6.49. The molecule has 13 heavy (non-hydrogen) atoms. The second-order valence-electron chi connectivity index (χ2n) is 4.39. The van der Waals surface area contributed by atoms with E-state index in [1.165, 1.54) is 15.9 Å². The van der Waals surface area contributed by atoms with Crippen LogP contribution in [-0.2, 0) is 0 Å². The summed E-state index contributed by atoms with van der Waals surface area (Å²) in [5.74, 6) is 0. The first-order valence-corrected chi connectivity index (χ1v) is 6.47. The van der Waals surface area contributed by atoms with Crippen LogP contribution in [0, 0.1) is 5.41 Å². The summed E-state index contributed by atoms with van der Waals surface area (Å²) < 4.78 is 1.25. The second kappa shape index (κ2) is 4.57. The fourth-order valence-electron chi connectivity index (χ4n) is 0.965. The van der Waals surface area contributed by atoms with Gasteiger partial charge in [-0.25, -0.2) is 0 Å². The van der Waals surface area contributed by atoms with Crippen molar-refractivity contribution in [1.29, 1.82) is 0 Å². The van der Waals surface area contributed by atoms with Gasteiger partial charge < -0.3 is 0 Å². The van der Waals surface area contributed by atoms with Gasteiger partial charge in [0.15, 0.2) is 0 Å². The third-order valence-electron chi connectivity index (χ3n) is 1.68. The zero-order chi connectivity index (χ0) is 9.90. The molecular weight excluding hydrogens is 243 g/mol. The Morgan fingerprint density at radius 1 is 1.23 bits per heavy atom. The van der Waals surface area contributed by atoms with Gasteiger partial charge in [0.05, 0.1) is 0 Å². The van der Waals surface area contributed by atoms with Gasteiger partial charge in [-0.1, -0.05) is 63.5 Å². The van der Waals surface area contributed by atoms with E-state index in [4.69, 9.17) is 0 Å². The number of hydrogen-bond donors (Lipinski definition) is 0. The van der Waals surface area contributed by atoms with Crippen molar-refractivity contribution in [2.75, 3.05) is 6.16 Å². The zero-order valence-corrected chi connectivity index (χ0v) is 11.0. The van der Waals surface area contributed by atoms with Crippen LogP contribution in [-0.4, -0.2) is 6.16 Å². The monoisotopic (exact) mass is 258 g/mol. The normalized spacial score (nSPS) is 12.6. The lowest BCUT2D eigenvalue weighted by Gasteiger charge is -2.18. The van der Waals surface area contributed by atoms with Gasteiger partial charge in [-0.05, 0) is 22.9 Å². The van der Waals surface area contributed by atoms with Crippen LogP contribution in [0.1, 0.15) is 20.8 Å². The molecule has 0 aliphatic carbocycles. The van der Waals surface area contributed by atoms with Crippen molar-refractivity contribution in [3.05, 3.63) is 28.7 Å². The first-order valence-electron chi connectivity index (χ1n) is 4.47. The summed E-state index contributed by atoms with van der Waals surface area (Å²) in [6, 6.07) is 8.49. The maximum Gasteiger partial charge on any atom is 0.0249 e. The molecule has 0 aliphatic heterocycles. The quantitative estimate of drug-likeness (QED) is 0.708. The van der Waals surface area contributed by atoms with E-state index in [-0.39, 0.29) is 0 Å². The van der Waals surface area contributed by atoms with Crippen LogP contribution in [0.5, 0.6) is 0 Å². The predicted molar refractivity (Wildman–Crippen MR) is 66.4 cm³/mol. The Hall–Kier alpha value is 0.130. The zero-order valence-electron chi connectivity index (χ0n) is 8.39. The minimum Gasteiger partial charge on any atom is -0.0886 e. The molecular formula is C11H16BrP. The van der Waals surface area contributed by atoms with Crippen molar-refractivity contribution in [2.24, 2.45) is 5.41 Å². The first kappa shape index (κ1) is 11.2. The van der Waals surface area contributed by atoms with Crippen LogP contribution in [0.4, 0.5) is 0 Å². The van der Waals surface area contributed by atoms with Crippen LogP contribution >= 0.6 is 24.5 Å². The largest absolute Gasteiger partial charge is 0.0886 e.